The molecule has 3 nitrogen and oxygen atoms in total. The minimum absolute atomic E-state index is 0.0661. The Morgan fingerprint density at radius 3 is 2.71 bits per heavy atom. The summed E-state index contributed by atoms with van der Waals surface area (Å²) in [6.45, 7) is 12.0. The van der Waals surface area contributed by atoms with Crippen molar-refractivity contribution < 1.29 is 14.3 Å². The zero-order valence-electron chi connectivity index (χ0n) is 11.4. The lowest BCUT2D eigenvalue weighted by molar-refractivity contribution is -0.288. The second-order valence-corrected chi connectivity index (χ2v) is 5.62. The maximum absolute atomic E-state index is 12.2. The Morgan fingerprint density at radius 2 is 2.18 bits per heavy atom. The molecule has 1 aliphatic heterocycles. The first-order valence-corrected chi connectivity index (χ1v) is 6.25. The van der Waals surface area contributed by atoms with E-state index < -0.39 is 11.2 Å². The average molecular weight is 240 g/mol. The lowest BCUT2D eigenvalue weighted by Crippen LogP contribution is -2.49. The summed E-state index contributed by atoms with van der Waals surface area (Å²) in [7, 11) is 0. The van der Waals surface area contributed by atoms with Crippen molar-refractivity contribution in [2.75, 3.05) is 6.61 Å². The van der Waals surface area contributed by atoms with Gasteiger partial charge in [-0.1, -0.05) is 19.9 Å². The van der Waals surface area contributed by atoms with Crippen molar-refractivity contribution in [3.05, 3.63) is 12.7 Å². The van der Waals surface area contributed by atoms with Crippen LogP contribution in [0, 0.1) is 5.41 Å². The maximum Gasteiger partial charge on any atom is 0.163 e. The lowest BCUT2D eigenvalue weighted by Gasteiger charge is -2.42. The number of carbonyl (C=O) groups excluding carboxylic acids is 1. The van der Waals surface area contributed by atoms with Crippen LogP contribution in [0.5, 0.6) is 0 Å². The van der Waals surface area contributed by atoms with Crippen molar-refractivity contribution in [1.82, 2.24) is 0 Å². The second-order valence-electron chi connectivity index (χ2n) is 5.62. The van der Waals surface area contributed by atoms with E-state index in [1.54, 1.807) is 6.08 Å². The summed E-state index contributed by atoms with van der Waals surface area (Å²) >= 11 is 0. The van der Waals surface area contributed by atoms with E-state index in [1.807, 2.05) is 27.7 Å². The fraction of sp³-hybridized carbons (Fsp3) is 0.786. The summed E-state index contributed by atoms with van der Waals surface area (Å²) in [6.07, 6.45) is 3.76. The molecule has 0 bridgehead atoms. The molecule has 0 N–H and O–H groups in total. The minimum atomic E-state index is -0.584. The van der Waals surface area contributed by atoms with Gasteiger partial charge in [0.1, 0.15) is 5.78 Å². The first-order valence-electron chi connectivity index (χ1n) is 6.25. The molecule has 1 heterocycles. The molecule has 1 aliphatic rings. The van der Waals surface area contributed by atoms with Crippen molar-refractivity contribution >= 4 is 5.78 Å². The molecule has 17 heavy (non-hydrogen) atoms. The fourth-order valence-corrected chi connectivity index (χ4v) is 2.09. The average Bonchev–Trinajstić information content (AvgIpc) is 2.24. The van der Waals surface area contributed by atoms with Crippen LogP contribution >= 0.6 is 0 Å². The molecule has 0 aromatic heterocycles. The summed E-state index contributed by atoms with van der Waals surface area (Å²) in [6, 6.07) is 0. The van der Waals surface area contributed by atoms with Gasteiger partial charge < -0.3 is 9.47 Å². The zero-order chi connectivity index (χ0) is 13.1. The first kappa shape index (κ1) is 14.4. The van der Waals surface area contributed by atoms with Gasteiger partial charge in [0, 0.05) is 11.8 Å². The van der Waals surface area contributed by atoms with E-state index in [0.29, 0.717) is 13.0 Å². The monoisotopic (exact) mass is 240 g/mol. The van der Waals surface area contributed by atoms with E-state index in [0.717, 1.165) is 12.8 Å². The Bertz CT molecular complexity index is 292. The molecule has 98 valence electrons. The van der Waals surface area contributed by atoms with Gasteiger partial charge in [0.15, 0.2) is 5.79 Å². The number of allylic oxidation sites excluding steroid dienone is 1. The van der Waals surface area contributed by atoms with Crippen LogP contribution < -0.4 is 0 Å². The largest absolute Gasteiger partial charge is 0.350 e. The molecule has 0 aromatic carbocycles. The van der Waals surface area contributed by atoms with Crippen LogP contribution in [0.4, 0.5) is 0 Å². The van der Waals surface area contributed by atoms with Gasteiger partial charge >= 0.3 is 0 Å². The smallest absolute Gasteiger partial charge is 0.163 e. The Kier molecular flexibility index (Phi) is 4.50. The van der Waals surface area contributed by atoms with Crippen molar-refractivity contribution in [2.24, 2.45) is 5.41 Å². The van der Waals surface area contributed by atoms with Crippen molar-refractivity contribution in [1.29, 1.82) is 0 Å². The number of ether oxygens (including phenoxy) is 2. The van der Waals surface area contributed by atoms with E-state index in [-0.39, 0.29) is 11.9 Å². The van der Waals surface area contributed by atoms with Crippen LogP contribution in [0.2, 0.25) is 0 Å². The van der Waals surface area contributed by atoms with Gasteiger partial charge in [-0.25, -0.2) is 0 Å². The molecule has 0 aromatic rings. The Labute approximate surface area is 104 Å². The molecular weight excluding hydrogens is 216 g/mol. The quantitative estimate of drug-likeness (QED) is 0.693. The third-order valence-corrected chi connectivity index (χ3v) is 3.35. The molecule has 3 heteroatoms. The van der Waals surface area contributed by atoms with Gasteiger partial charge in [-0.05, 0) is 26.7 Å². The van der Waals surface area contributed by atoms with Crippen LogP contribution in [0.25, 0.3) is 0 Å². The first-order chi connectivity index (χ1) is 7.79. The summed E-state index contributed by atoms with van der Waals surface area (Å²) in [4.78, 5) is 12.2. The Morgan fingerprint density at radius 1 is 1.53 bits per heavy atom. The molecule has 0 spiro atoms. The molecule has 0 radical (unpaired) electrons. The standard InChI is InChI=1S/C14H24O3/c1-6-7-8-11(15)13(2,3)12-9-10-16-14(4,5)17-12/h6,12H,1,7-10H2,2-5H3/t12-/m0/s1. The molecule has 1 fully saturated rings. The van der Waals surface area contributed by atoms with E-state index in [1.165, 1.54) is 0 Å². The number of hydrogen-bond donors (Lipinski definition) is 0. The maximum atomic E-state index is 12.2. The molecule has 1 atom stereocenters. The molecular formula is C14H24O3. The zero-order valence-corrected chi connectivity index (χ0v) is 11.4. The van der Waals surface area contributed by atoms with Gasteiger partial charge in [0.05, 0.1) is 12.7 Å². The van der Waals surface area contributed by atoms with Crippen LogP contribution in [-0.4, -0.2) is 24.3 Å². The van der Waals surface area contributed by atoms with E-state index in [9.17, 15) is 4.79 Å². The van der Waals surface area contributed by atoms with Gasteiger partial charge in [0.2, 0.25) is 0 Å². The topological polar surface area (TPSA) is 35.5 Å². The number of rotatable bonds is 5. The summed E-state index contributed by atoms with van der Waals surface area (Å²) in [5, 5.41) is 0. The highest BCUT2D eigenvalue weighted by Crippen LogP contribution is 2.35. The third kappa shape index (κ3) is 3.65. The van der Waals surface area contributed by atoms with E-state index in [2.05, 4.69) is 6.58 Å². The van der Waals surface area contributed by atoms with Crippen molar-refractivity contribution in [2.45, 2.75) is 58.8 Å². The van der Waals surface area contributed by atoms with Crippen molar-refractivity contribution in [3.63, 3.8) is 0 Å². The Hall–Kier alpha value is -0.670. The predicted octanol–water partition coefficient (Wildman–Crippen LogP) is 3.09. The van der Waals surface area contributed by atoms with Gasteiger partial charge in [-0.15, -0.1) is 6.58 Å². The van der Waals surface area contributed by atoms with Crippen LogP contribution in [0.3, 0.4) is 0 Å². The van der Waals surface area contributed by atoms with Gasteiger partial charge in [-0.2, -0.15) is 0 Å². The SMILES string of the molecule is C=CCCC(=O)C(C)(C)[C@@H]1CCOC(C)(C)O1. The van der Waals surface area contributed by atoms with E-state index >= 15 is 0 Å². The Balaban J connectivity index is 2.68. The molecule has 1 saturated heterocycles. The van der Waals surface area contributed by atoms with E-state index in [4.69, 9.17) is 9.47 Å². The normalized spacial score (nSPS) is 24.4. The highest BCUT2D eigenvalue weighted by Gasteiger charge is 2.42. The molecule has 0 amide bonds. The summed E-state index contributed by atoms with van der Waals surface area (Å²) in [5.74, 6) is -0.348. The number of ketones is 1. The molecule has 0 unspecified atom stereocenters. The number of Topliss-reactive ketones (excluding diaryl/α,β-unsaturated/α-hetero) is 1. The summed E-state index contributed by atoms with van der Waals surface area (Å²) < 4.78 is 11.4. The molecule has 1 rings (SSSR count). The third-order valence-electron chi connectivity index (χ3n) is 3.35. The molecule has 0 saturated carbocycles. The number of carbonyl (C=O) groups is 1. The van der Waals surface area contributed by atoms with Gasteiger partial charge in [0.25, 0.3) is 0 Å². The highest BCUT2D eigenvalue weighted by atomic mass is 16.7. The molecule has 0 aliphatic carbocycles. The van der Waals surface area contributed by atoms with Crippen molar-refractivity contribution in [3.8, 4) is 0 Å². The fourth-order valence-electron chi connectivity index (χ4n) is 2.09. The second kappa shape index (κ2) is 5.32. The lowest BCUT2D eigenvalue weighted by atomic mass is 9.78. The number of hydrogen-bond acceptors (Lipinski definition) is 3. The van der Waals surface area contributed by atoms with Gasteiger partial charge in [-0.3, -0.25) is 4.79 Å². The predicted molar refractivity (Wildman–Crippen MR) is 67.7 cm³/mol. The van der Waals surface area contributed by atoms with Crippen LogP contribution in [0.1, 0.15) is 47.0 Å². The van der Waals surface area contributed by atoms with Crippen LogP contribution in [-0.2, 0) is 14.3 Å². The highest BCUT2D eigenvalue weighted by molar-refractivity contribution is 5.84. The van der Waals surface area contributed by atoms with Crippen LogP contribution in [0.15, 0.2) is 12.7 Å². The summed E-state index contributed by atoms with van der Waals surface area (Å²) in [5.41, 5.74) is -0.454. The minimum Gasteiger partial charge on any atom is -0.350 e.